The summed E-state index contributed by atoms with van der Waals surface area (Å²) in [4.78, 5) is 19.3. The highest BCUT2D eigenvalue weighted by Crippen LogP contribution is 2.19. The van der Waals surface area contributed by atoms with Gasteiger partial charge in [0.15, 0.2) is 0 Å². The number of aromatic amines is 1. The van der Waals surface area contributed by atoms with Crippen LogP contribution in [0.25, 0.3) is 10.8 Å². The van der Waals surface area contributed by atoms with E-state index in [1.807, 2.05) is 37.4 Å². The number of pyridine rings is 1. The number of hydrogen-bond donors (Lipinski definition) is 2. The van der Waals surface area contributed by atoms with Gasteiger partial charge < -0.3 is 15.0 Å². The number of anilines is 1. The quantitative estimate of drug-likeness (QED) is 0.843. The van der Waals surface area contributed by atoms with Crippen molar-refractivity contribution in [3.63, 3.8) is 0 Å². The Kier molecular flexibility index (Phi) is 3.46. The summed E-state index contributed by atoms with van der Waals surface area (Å²) in [6.07, 6.45) is 0. The molecular formula is C15H19N3O2. The second-order valence-corrected chi connectivity index (χ2v) is 5.33. The Morgan fingerprint density at radius 1 is 1.35 bits per heavy atom. The van der Waals surface area contributed by atoms with Gasteiger partial charge in [0.25, 0.3) is 5.56 Å². The first-order valence-electron chi connectivity index (χ1n) is 6.87. The Balaban J connectivity index is 1.96. The minimum absolute atomic E-state index is 0.0578. The van der Waals surface area contributed by atoms with Gasteiger partial charge in [-0.1, -0.05) is 18.2 Å². The Labute approximate surface area is 117 Å². The molecule has 0 saturated carbocycles. The Morgan fingerprint density at radius 3 is 2.95 bits per heavy atom. The zero-order chi connectivity index (χ0) is 14.1. The number of aromatic nitrogens is 1. The van der Waals surface area contributed by atoms with Crippen LogP contribution in [0, 0.1) is 0 Å². The molecule has 2 heterocycles. The van der Waals surface area contributed by atoms with Gasteiger partial charge in [0.05, 0.1) is 12.6 Å². The van der Waals surface area contributed by atoms with Crippen LogP contribution in [0.5, 0.6) is 0 Å². The predicted octanol–water partition coefficient (Wildman–Crippen LogP) is 0.641. The third-order valence-electron chi connectivity index (χ3n) is 4.07. The van der Waals surface area contributed by atoms with Crippen LogP contribution >= 0.6 is 0 Å². The summed E-state index contributed by atoms with van der Waals surface area (Å²) in [6, 6.07) is 9.71. The number of nitrogens with one attached hydrogen (secondary N) is 1. The molecule has 3 rings (SSSR count). The molecule has 1 aromatic heterocycles. The summed E-state index contributed by atoms with van der Waals surface area (Å²) in [7, 11) is 2.02. The van der Waals surface area contributed by atoms with E-state index in [2.05, 4.69) is 14.8 Å². The maximum absolute atomic E-state index is 12.1. The average molecular weight is 273 g/mol. The second-order valence-electron chi connectivity index (χ2n) is 5.33. The van der Waals surface area contributed by atoms with Crippen molar-refractivity contribution in [1.82, 2.24) is 9.88 Å². The van der Waals surface area contributed by atoms with E-state index >= 15 is 0 Å². The van der Waals surface area contributed by atoms with E-state index in [4.69, 9.17) is 0 Å². The third-order valence-corrected chi connectivity index (χ3v) is 4.07. The van der Waals surface area contributed by atoms with Crippen LogP contribution in [-0.4, -0.2) is 54.3 Å². The molecule has 5 nitrogen and oxygen atoms in total. The van der Waals surface area contributed by atoms with Gasteiger partial charge in [0.1, 0.15) is 5.82 Å². The molecule has 1 aromatic carbocycles. The van der Waals surface area contributed by atoms with Crippen molar-refractivity contribution in [3.8, 4) is 0 Å². The molecule has 1 unspecified atom stereocenters. The molecule has 1 saturated heterocycles. The molecule has 0 spiro atoms. The van der Waals surface area contributed by atoms with Crippen molar-refractivity contribution in [3.05, 3.63) is 40.7 Å². The lowest BCUT2D eigenvalue weighted by Crippen LogP contribution is -2.53. The van der Waals surface area contributed by atoms with Gasteiger partial charge in [-0.05, 0) is 24.6 Å². The van der Waals surface area contributed by atoms with Gasteiger partial charge in [-0.3, -0.25) is 9.69 Å². The average Bonchev–Trinajstić information content (AvgIpc) is 2.47. The van der Waals surface area contributed by atoms with Gasteiger partial charge in [-0.2, -0.15) is 0 Å². The lowest BCUT2D eigenvalue weighted by molar-refractivity contribution is 0.135. The number of piperazine rings is 1. The van der Waals surface area contributed by atoms with E-state index < -0.39 is 0 Å². The zero-order valence-electron chi connectivity index (χ0n) is 11.5. The number of benzene rings is 1. The molecule has 20 heavy (non-hydrogen) atoms. The minimum Gasteiger partial charge on any atom is -0.395 e. The maximum atomic E-state index is 12.1. The van der Waals surface area contributed by atoms with Crippen molar-refractivity contribution >= 4 is 16.6 Å². The molecule has 0 aliphatic carbocycles. The van der Waals surface area contributed by atoms with Gasteiger partial charge in [0, 0.05) is 25.0 Å². The summed E-state index contributed by atoms with van der Waals surface area (Å²) in [5, 5.41) is 11.1. The number of aliphatic hydroxyl groups is 1. The molecule has 5 heteroatoms. The fraction of sp³-hybridized carbons (Fsp3) is 0.400. The number of hydrogen-bond acceptors (Lipinski definition) is 4. The largest absolute Gasteiger partial charge is 0.395 e. The van der Waals surface area contributed by atoms with Crippen molar-refractivity contribution in [2.45, 2.75) is 6.04 Å². The number of nitrogens with zero attached hydrogens (tertiary/aromatic N) is 2. The van der Waals surface area contributed by atoms with Gasteiger partial charge in [-0.25, -0.2) is 0 Å². The number of likely N-dealkylation sites (N-methyl/N-ethyl adjacent to an activating group) is 1. The monoisotopic (exact) mass is 273 g/mol. The first-order chi connectivity index (χ1) is 9.69. The van der Waals surface area contributed by atoms with E-state index in [1.165, 1.54) is 0 Å². The molecule has 1 fully saturated rings. The van der Waals surface area contributed by atoms with E-state index in [0.29, 0.717) is 5.39 Å². The Hall–Kier alpha value is -1.85. The van der Waals surface area contributed by atoms with Crippen LogP contribution in [0.1, 0.15) is 0 Å². The molecule has 0 bridgehead atoms. The fourth-order valence-corrected chi connectivity index (χ4v) is 2.73. The van der Waals surface area contributed by atoms with Crippen molar-refractivity contribution in [2.24, 2.45) is 0 Å². The minimum atomic E-state index is -0.0578. The number of fused-ring (bicyclic) bond motifs is 1. The van der Waals surface area contributed by atoms with Crippen LogP contribution in [0.4, 0.5) is 5.82 Å². The molecular weight excluding hydrogens is 254 g/mol. The molecule has 1 atom stereocenters. The fourth-order valence-electron chi connectivity index (χ4n) is 2.73. The van der Waals surface area contributed by atoms with Crippen LogP contribution in [-0.2, 0) is 0 Å². The van der Waals surface area contributed by atoms with Crippen LogP contribution < -0.4 is 10.5 Å². The number of rotatable bonds is 2. The van der Waals surface area contributed by atoms with Gasteiger partial charge in [0.2, 0.25) is 0 Å². The van der Waals surface area contributed by atoms with Gasteiger partial charge in [-0.15, -0.1) is 0 Å². The lowest BCUT2D eigenvalue weighted by Gasteiger charge is -2.39. The summed E-state index contributed by atoms with van der Waals surface area (Å²) in [6.45, 7) is 2.58. The van der Waals surface area contributed by atoms with E-state index in [0.717, 1.165) is 30.8 Å². The number of H-pyrrole nitrogens is 1. The Morgan fingerprint density at radius 2 is 2.15 bits per heavy atom. The van der Waals surface area contributed by atoms with Crippen molar-refractivity contribution < 1.29 is 5.11 Å². The van der Waals surface area contributed by atoms with Crippen molar-refractivity contribution in [1.29, 1.82) is 0 Å². The predicted molar refractivity (Wildman–Crippen MR) is 80.3 cm³/mol. The van der Waals surface area contributed by atoms with E-state index in [9.17, 15) is 9.90 Å². The van der Waals surface area contributed by atoms with Crippen molar-refractivity contribution in [2.75, 3.05) is 38.2 Å². The first kappa shape index (κ1) is 13.1. The summed E-state index contributed by atoms with van der Waals surface area (Å²) in [5.41, 5.74) is -0.0578. The molecule has 2 N–H and O–H groups in total. The highest BCUT2D eigenvalue weighted by Gasteiger charge is 2.24. The molecule has 1 aliphatic heterocycles. The molecule has 2 aromatic rings. The third kappa shape index (κ3) is 2.30. The lowest BCUT2D eigenvalue weighted by atomic mass is 10.1. The smallest absolute Gasteiger partial charge is 0.257 e. The Bertz CT molecular complexity index is 667. The van der Waals surface area contributed by atoms with Crippen LogP contribution in [0.2, 0.25) is 0 Å². The SMILES string of the molecule is CN1CCN(c2cc3ccccc3c(=O)[nH]2)CC1CO. The zero-order valence-corrected chi connectivity index (χ0v) is 11.5. The van der Waals surface area contributed by atoms with E-state index in [1.54, 1.807) is 0 Å². The second kappa shape index (κ2) is 5.26. The summed E-state index contributed by atoms with van der Waals surface area (Å²) >= 11 is 0. The number of aliphatic hydroxyl groups excluding tert-OH is 1. The summed E-state index contributed by atoms with van der Waals surface area (Å²) in [5.74, 6) is 0.834. The summed E-state index contributed by atoms with van der Waals surface area (Å²) < 4.78 is 0. The maximum Gasteiger partial charge on any atom is 0.257 e. The van der Waals surface area contributed by atoms with Crippen LogP contribution in [0.15, 0.2) is 35.1 Å². The molecule has 1 aliphatic rings. The molecule has 0 amide bonds. The first-order valence-corrected chi connectivity index (χ1v) is 6.87. The molecule has 106 valence electrons. The topological polar surface area (TPSA) is 59.6 Å². The van der Waals surface area contributed by atoms with E-state index in [-0.39, 0.29) is 18.2 Å². The van der Waals surface area contributed by atoms with Gasteiger partial charge >= 0.3 is 0 Å². The standard InChI is InChI=1S/C15H19N3O2/c1-17-6-7-18(9-12(17)10-19)14-8-11-4-2-3-5-13(11)15(20)16-14/h2-5,8,12,19H,6-7,9-10H2,1H3,(H,16,20). The van der Waals surface area contributed by atoms with Crippen LogP contribution in [0.3, 0.4) is 0 Å². The highest BCUT2D eigenvalue weighted by atomic mass is 16.3. The highest BCUT2D eigenvalue weighted by molar-refractivity contribution is 5.83. The normalized spacial score (nSPS) is 20.5. The molecule has 0 radical (unpaired) electrons.